The molecule has 0 amide bonds. The Morgan fingerprint density at radius 3 is 2.71 bits per heavy atom. The van der Waals surface area contributed by atoms with Gasteiger partial charge in [-0.3, -0.25) is 4.72 Å². The molecular formula is C14H15BrClNO2S2. The third kappa shape index (κ3) is 4.45. The van der Waals surface area contributed by atoms with E-state index in [-0.39, 0.29) is 0 Å². The van der Waals surface area contributed by atoms with Gasteiger partial charge in [0.15, 0.2) is 0 Å². The molecule has 0 atom stereocenters. The van der Waals surface area contributed by atoms with Crippen molar-refractivity contribution in [3.63, 3.8) is 0 Å². The van der Waals surface area contributed by atoms with Crippen LogP contribution in [0.3, 0.4) is 0 Å². The van der Waals surface area contributed by atoms with Gasteiger partial charge in [-0.1, -0.05) is 12.1 Å². The van der Waals surface area contributed by atoms with Gasteiger partial charge >= 0.3 is 0 Å². The van der Waals surface area contributed by atoms with Gasteiger partial charge in [-0.15, -0.1) is 22.9 Å². The Balaban J connectivity index is 2.22. The van der Waals surface area contributed by atoms with Crippen LogP contribution in [-0.2, 0) is 16.4 Å². The minimum Gasteiger partial charge on any atom is -0.280 e. The Kier molecular flexibility index (Phi) is 5.71. The Labute approximate surface area is 142 Å². The van der Waals surface area contributed by atoms with E-state index in [4.69, 9.17) is 11.6 Å². The first-order valence-corrected chi connectivity index (χ1v) is 9.99. The minimum absolute atomic E-state index is 0.311. The number of thiophene rings is 1. The molecule has 0 radical (unpaired) electrons. The number of alkyl halides is 1. The molecule has 3 nitrogen and oxygen atoms in total. The van der Waals surface area contributed by atoms with Crippen LogP contribution in [0.4, 0.5) is 5.69 Å². The Morgan fingerprint density at radius 2 is 2.10 bits per heavy atom. The molecule has 1 aromatic carbocycles. The minimum atomic E-state index is -3.56. The lowest BCUT2D eigenvalue weighted by molar-refractivity contribution is 0.601. The van der Waals surface area contributed by atoms with Gasteiger partial charge in [-0.2, -0.15) is 0 Å². The van der Waals surface area contributed by atoms with Crippen LogP contribution in [0.5, 0.6) is 0 Å². The van der Waals surface area contributed by atoms with Crippen molar-refractivity contribution in [3.05, 3.63) is 44.6 Å². The summed E-state index contributed by atoms with van der Waals surface area (Å²) >= 11 is 10.4. The second-order valence-corrected chi connectivity index (χ2v) is 9.23. The first-order valence-electron chi connectivity index (χ1n) is 6.36. The topological polar surface area (TPSA) is 46.2 Å². The fourth-order valence-corrected chi connectivity index (χ4v) is 5.57. The van der Waals surface area contributed by atoms with Gasteiger partial charge < -0.3 is 0 Å². The maximum Gasteiger partial charge on any atom is 0.263 e. The Bertz CT molecular complexity index is 728. The van der Waals surface area contributed by atoms with Gasteiger partial charge in [-0.25, -0.2) is 8.42 Å². The quantitative estimate of drug-likeness (QED) is 0.698. The number of hydrogen-bond donors (Lipinski definition) is 1. The van der Waals surface area contributed by atoms with Gasteiger partial charge in [-0.05, 0) is 59.5 Å². The Morgan fingerprint density at radius 1 is 1.33 bits per heavy atom. The van der Waals surface area contributed by atoms with Crippen LogP contribution >= 0.6 is 38.9 Å². The van der Waals surface area contributed by atoms with Crippen LogP contribution < -0.4 is 4.72 Å². The third-order valence-corrected chi connectivity index (χ3v) is 6.37. The van der Waals surface area contributed by atoms with E-state index in [1.807, 2.05) is 18.2 Å². The summed E-state index contributed by atoms with van der Waals surface area (Å²) in [7, 11) is -3.56. The molecule has 0 saturated heterocycles. The predicted molar refractivity (Wildman–Crippen MR) is 93.0 cm³/mol. The lowest BCUT2D eigenvalue weighted by atomic mass is 10.1. The largest absolute Gasteiger partial charge is 0.280 e. The summed E-state index contributed by atoms with van der Waals surface area (Å²) in [6.07, 6.45) is 1.70. The molecule has 0 unspecified atom stereocenters. The first-order chi connectivity index (χ1) is 9.92. The molecule has 0 spiro atoms. The molecule has 0 aliphatic carbocycles. The van der Waals surface area contributed by atoms with Gasteiger partial charge in [0.1, 0.15) is 4.90 Å². The number of sulfonamides is 1. The summed E-state index contributed by atoms with van der Waals surface area (Å²) < 4.78 is 28.3. The zero-order chi connectivity index (χ0) is 15.5. The zero-order valence-corrected chi connectivity index (χ0v) is 15.4. The SMILES string of the molecule is Cc1sc(Br)cc1S(=O)(=O)Nc1cccc(CCCCl)c1. The van der Waals surface area contributed by atoms with E-state index in [9.17, 15) is 8.42 Å². The highest BCUT2D eigenvalue weighted by Gasteiger charge is 2.19. The molecule has 0 saturated carbocycles. The van der Waals surface area contributed by atoms with Crippen LogP contribution in [0, 0.1) is 6.92 Å². The number of rotatable bonds is 6. The number of benzene rings is 1. The van der Waals surface area contributed by atoms with E-state index >= 15 is 0 Å². The average Bonchev–Trinajstić information content (AvgIpc) is 2.76. The van der Waals surface area contributed by atoms with Crippen molar-refractivity contribution >= 4 is 54.6 Å². The van der Waals surface area contributed by atoms with Crippen molar-refractivity contribution in [2.24, 2.45) is 0 Å². The van der Waals surface area contributed by atoms with Crippen molar-refractivity contribution in [1.82, 2.24) is 0 Å². The maximum absolute atomic E-state index is 12.4. The second kappa shape index (κ2) is 7.13. The van der Waals surface area contributed by atoms with Gasteiger partial charge in [0, 0.05) is 16.4 Å². The molecule has 1 N–H and O–H groups in total. The van der Waals surface area contributed by atoms with E-state index < -0.39 is 10.0 Å². The summed E-state index contributed by atoms with van der Waals surface area (Å²) in [6.45, 7) is 1.79. The summed E-state index contributed by atoms with van der Waals surface area (Å²) in [4.78, 5) is 1.07. The standard InChI is InChI=1S/C14H15BrClNO2S2/c1-10-13(9-14(15)20-10)21(18,19)17-12-6-2-4-11(8-12)5-3-7-16/h2,4,6,8-9,17H,3,5,7H2,1H3. The monoisotopic (exact) mass is 407 g/mol. The molecule has 114 valence electrons. The fraction of sp³-hybridized carbons (Fsp3) is 0.286. The first kappa shape index (κ1) is 16.8. The highest BCUT2D eigenvalue weighted by Crippen LogP contribution is 2.30. The molecular weight excluding hydrogens is 394 g/mol. The van der Waals surface area contributed by atoms with Crippen LogP contribution in [0.15, 0.2) is 39.0 Å². The number of aryl methyl sites for hydroxylation is 2. The van der Waals surface area contributed by atoms with E-state index in [0.29, 0.717) is 16.5 Å². The van der Waals surface area contributed by atoms with Crippen molar-refractivity contribution in [2.45, 2.75) is 24.7 Å². The normalized spacial score (nSPS) is 11.6. The van der Waals surface area contributed by atoms with E-state index in [1.54, 1.807) is 19.1 Å². The lowest BCUT2D eigenvalue weighted by Crippen LogP contribution is -2.13. The summed E-state index contributed by atoms with van der Waals surface area (Å²) in [5.74, 6) is 0.595. The molecule has 0 fully saturated rings. The molecule has 0 aliphatic rings. The second-order valence-electron chi connectivity index (χ2n) is 4.57. The maximum atomic E-state index is 12.4. The van der Waals surface area contributed by atoms with Crippen molar-refractivity contribution in [2.75, 3.05) is 10.6 Å². The fourth-order valence-electron chi connectivity index (χ4n) is 1.97. The van der Waals surface area contributed by atoms with Crippen LogP contribution in [0.1, 0.15) is 16.9 Å². The molecule has 0 aliphatic heterocycles. The molecule has 7 heteroatoms. The lowest BCUT2D eigenvalue weighted by Gasteiger charge is -2.09. The molecule has 21 heavy (non-hydrogen) atoms. The molecule has 1 aromatic heterocycles. The van der Waals surface area contributed by atoms with Crippen LogP contribution in [-0.4, -0.2) is 14.3 Å². The van der Waals surface area contributed by atoms with Crippen molar-refractivity contribution in [3.8, 4) is 0 Å². The van der Waals surface area contributed by atoms with E-state index in [0.717, 1.165) is 27.1 Å². The number of hydrogen-bond acceptors (Lipinski definition) is 3. The highest BCUT2D eigenvalue weighted by molar-refractivity contribution is 9.11. The average molecular weight is 409 g/mol. The van der Waals surface area contributed by atoms with E-state index in [1.165, 1.54) is 11.3 Å². The van der Waals surface area contributed by atoms with E-state index in [2.05, 4.69) is 20.7 Å². The Hall–Kier alpha value is -0.560. The molecule has 2 aromatic rings. The molecule has 2 rings (SSSR count). The summed E-state index contributed by atoms with van der Waals surface area (Å²) in [5, 5.41) is 0. The highest BCUT2D eigenvalue weighted by atomic mass is 79.9. The van der Waals surface area contributed by atoms with Gasteiger partial charge in [0.2, 0.25) is 0 Å². The number of anilines is 1. The van der Waals surface area contributed by atoms with Crippen molar-refractivity contribution < 1.29 is 8.42 Å². The van der Waals surface area contributed by atoms with Gasteiger partial charge in [0.25, 0.3) is 10.0 Å². The third-order valence-electron chi connectivity index (χ3n) is 2.91. The number of halogens is 2. The molecule has 0 bridgehead atoms. The molecule has 1 heterocycles. The smallest absolute Gasteiger partial charge is 0.263 e. The van der Waals surface area contributed by atoms with Crippen LogP contribution in [0.2, 0.25) is 0 Å². The van der Waals surface area contributed by atoms with Crippen LogP contribution in [0.25, 0.3) is 0 Å². The zero-order valence-electron chi connectivity index (χ0n) is 11.4. The van der Waals surface area contributed by atoms with Gasteiger partial charge in [0.05, 0.1) is 3.79 Å². The summed E-state index contributed by atoms with van der Waals surface area (Å²) in [5.41, 5.74) is 1.64. The van der Waals surface area contributed by atoms with Crippen molar-refractivity contribution in [1.29, 1.82) is 0 Å². The number of nitrogens with one attached hydrogen (secondary N) is 1. The summed E-state index contributed by atoms with van der Waals surface area (Å²) in [6, 6.07) is 9.04. The predicted octanol–water partition coefficient (Wildman–Crippen LogP) is 4.79.